The summed E-state index contributed by atoms with van der Waals surface area (Å²) < 4.78 is 0. The van der Waals surface area contributed by atoms with Crippen LogP contribution in [0.4, 0.5) is 11.4 Å². The summed E-state index contributed by atoms with van der Waals surface area (Å²) in [6.07, 6.45) is 4.44. The lowest BCUT2D eigenvalue weighted by Gasteiger charge is -2.22. The van der Waals surface area contributed by atoms with Gasteiger partial charge in [0.15, 0.2) is 0 Å². The van der Waals surface area contributed by atoms with Crippen LogP contribution in [0.1, 0.15) is 31.2 Å². The highest BCUT2D eigenvalue weighted by atomic mass is 16.6. The lowest BCUT2D eigenvalue weighted by molar-refractivity contribution is -0.384. The molecule has 5 heteroatoms. The number of anilines is 1. The van der Waals surface area contributed by atoms with Gasteiger partial charge in [0.25, 0.3) is 5.69 Å². The van der Waals surface area contributed by atoms with Gasteiger partial charge in [-0.25, -0.2) is 0 Å². The van der Waals surface area contributed by atoms with Gasteiger partial charge in [-0.1, -0.05) is 12.8 Å². The van der Waals surface area contributed by atoms with Gasteiger partial charge in [0, 0.05) is 19.2 Å². The molecule has 0 aromatic heterocycles. The maximum absolute atomic E-state index is 11.0. The van der Waals surface area contributed by atoms with Crippen molar-refractivity contribution >= 4 is 11.4 Å². The highest BCUT2D eigenvalue weighted by molar-refractivity contribution is 5.66. The minimum absolute atomic E-state index is 0.0934. The molecule has 0 N–H and O–H groups in total. The van der Waals surface area contributed by atoms with E-state index in [-0.39, 0.29) is 10.6 Å². The van der Waals surface area contributed by atoms with E-state index in [1.54, 1.807) is 6.07 Å². The average molecular weight is 245 g/mol. The number of hydrogen-bond acceptors (Lipinski definition) is 4. The predicted octanol–water partition coefficient (Wildman–Crippen LogP) is 2.85. The van der Waals surface area contributed by atoms with Crippen molar-refractivity contribution in [1.82, 2.24) is 0 Å². The van der Waals surface area contributed by atoms with Gasteiger partial charge in [-0.05, 0) is 25.0 Å². The normalized spacial score (nSPS) is 15.8. The summed E-state index contributed by atoms with van der Waals surface area (Å²) in [5.41, 5.74) is 1.15. The van der Waals surface area contributed by atoms with Crippen molar-refractivity contribution in [2.45, 2.75) is 25.7 Å². The van der Waals surface area contributed by atoms with E-state index in [4.69, 9.17) is 5.26 Å². The molecule has 1 saturated heterocycles. The molecule has 1 aliphatic rings. The van der Waals surface area contributed by atoms with E-state index >= 15 is 0 Å². The molecule has 0 unspecified atom stereocenters. The highest BCUT2D eigenvalue weighted by Crippen LogP contribution is 2.30. The van der Waals surface area contributed by atoms with Gasteiger partial charge in [0.05, 0.1) is 16.6 Å². The molecule has 18 heavy (non-hydrogen) atoms. The fourth-order valence-electron chi connectivity index (χ4n) is 2.31. The maximum atomic E-state index is 11.0. The van der Waals surface area contributed by atoms with E-state index in [0.717, 1.165) is 25.9 Å². The Morgan fingerprint density at radius 3 is 2.44 bits per heavy atom. The lowest BCUT2D eigenvalue weighted by Crippen LogP contribution is -2.24. The van der Waals surface area contributed by atoms with E-state index in [1.165, 1.54) is 25.0 Å². The van der Waals surface area contributed by atoms with E-state index in [2.05, 4.69) is 0 Å². The van der Waals surface area contributed by atoms with Crippen LogP contribution in [0.3, 0.4) is 0 Å². The van der Waals surface area contributed by atoms with Crippen molar-refractivity contribution in [2.75, 3.05) is 18.0 Å². The number of nitro groups is 1. The summed E-state index contributed by atoms with van der Waals surface area (Å²) in [5, 5.41) is 20.0. The number of nitrogens with zero attached hydrogens (tertiary/aromatic N) is 3. The van der Waals surface area contributed by atoms with Crippen LogP contribution in [0, 0.1) is 21.4 Å². The zero-order chi connectivity index (χ0) is 13.0. The average Bonchev–Trinajstić information content (AvgIpc) is 2.66. The predicted molar refractivity (Wildman–Crippen MR) is 68.5 cm³/mol. The Hall–Kier alpha value is -2.09. The van der Waals surface area contributed by atoms with Crippen LogP contribution in [-0.4, -0.2) is 18.0 Å². The summed E-state index contributed by atoms with van der Waals surface area (Å²) in [6, 6.07) is 6.60. The summed E-state index contributed by atoms with van der Waals surface area (Å²) in [4.78, 5) is 12.7. The number of rotatable bonds is 2. The van der Waals surface area contributed by atoms with Gasteiger partial charge in [-0.15, -0.1) is 0 Å². The summed E-state index contributed by atoms with van der Waals surface area (Å²) in [7, 11) is 0. The largest absolute Gasteiger partial charge is 0.366 e. The summed E-state index contributed by atoms with van der Waals surface area (Å²) >= 11 is 0. The minimum Gasteiger partial charge on any atom is -0.366 e. The second-order valence-corrected chi connectivity index (χ2v) is 4.47. The van der Waals surface area contributed by atoms with E-state index < -0.39 is 0 Å². The van der Waals surface area contributed by atoms with E-state index in [9.17, 15) is 10.1 Å². The molecule has 0 amide bonds. The van der Waals surface area contributed by atoms with Crippen molar-refractivity contribution in [3.63, 3.8) is 0 Å². The van der Waals surface area contributed by atoms with Crippen molar-refractivity contribution in [3.8, 4) is 6.07 Å². The van der Waals surface area contributed by atoms with Gasteiger partial charge >= 0.3 is 0 Å². The molecule has 0 radical (unpaired) electrons. The molecule has 94 valence electrons. The van der Waals surface area contributed by atoms with Crippen LogP contribution in [0.25, 0.3) is 0 Å². The second-order valence-electron chi connectivity index (χ2n) is 4.47. The molecule has 0 aliphatic carbocycles. The Morgan fingerprint density at radius 2 is 1.89 bits per heavy atom. The van der Waals surface area contributed by atoms with E-state index in [0.29, 0.717) is 11.3 Å². The molecule has 5 nitrogen and oxygen atoms in total. The van der Waals surface area contributed by atoms with Crippen molar-refractivity contribution in [3.05, 3.63) is 33.9 Å². The highest BCUT2D eigenvalue weighted by Gasteiger charge is 2.20. The topological polar surface area (TPSA) is 70.2 Å². The Morgan fingerprint density at radius 1 is 1.22 bits per heavy atom. The number of nitro benzene ring substituents is 1. The van der Waals surface area contributed by atoms with Crippen molar-refractivity contribution in [1.29, 1.82) is 5.26 Å². The molecule has 1 aliphatic heterocycles. The number of nitriles is 1. The van der Waals surface area contributed by atoms with Crippen molar-refractivity contribution < 1.29 is 4.92 Å². The minimum atomic E-state index is -0.374. The smallest absolute Gasteiger partial charge is 0.292 e. The quantitative estimate of drug-likeness (QED) is 0.593. The first-order valence-electron chi connectivity index (χ1n) is 6.16. The first-order valence-corrected chi connectivity index (χ1v) is 6.16. The van der Waals surface area contributed by atoms with Crippen LogP contribution >= 0.6 is 0 Å². The van der Waals surface area contributed by atoms with E-state index in [1.807, 2.05) is 11.0 Å². The molecule has 1 aromatic carbocycles. The van der Waals surface area contributed by atoms with Crippen LogP contribution in [0.2, 0.25) is 0 Å². The Labute approximate surface area is 106 Å². The Bertz CT molecular complexity index is 485. The Kier molecular flexibility index (Phi) is 3.78. The molecule has 1 fully saturated rings. The van der Waals surface area contributed by atoms with Crippen molar-refractivity contribution in [2.24, 2.45) is 0 Å². The summed E-state index contributed by atoms with van der Waals surface area (Å²) in [5.74, 6) is 0. The number of hydrogen-bond donors (Lipinski definition) is 0. The van der Waals surface area contributed by atoms with Crippen LogP contribution in [-0.2, 0) is 0 Å². The maximum Gasteiger partial charge on any atom is 0.292 e. The number of benzene rings is 1. The first kappa shape index (κ1) is 12.4. The molecule has 0 atom stereocenters. The van der Waals surface area contributed by atoms with Crippen LogP contribution in [0.5, 0.6) is 0 Å². The lowest BCUT2D eigenvalue weighted by atomic mass is 10.1. The fourth-order valence-corrected chi connectivity index (χ4v) is 2.31. The molecule has 1 aromatic rings. The third-order valence-corrected chi connectivity index (χ3v) is 3.25. The molecule has 0 saturated carbocycles. The molecular weight excluding hydrogens is 230 g/mol. The summed E-state index contributed by atoms with van der Waals surface area (Å²) in [6.45, 7) is 1.66. The molecule has 0 spiro atoms. The standard InChI is InChI=1S/C13H15N3O2/c14-10-11-5-6-12(16(17)18)13(9-11)15-7-3-1-2-4-8-15/h5-6,9H,1-4,7-8H2. The zero-order valence-corrected chi connectivity index (χ0v) is 10.1. The van der Waals surface area contributed by atoms with Gasteiger partial charge in [-0.2, -0.15) is 5.26 Å². The van der Waals surface area contributed by atoms with Crippen LogP contribution < -0.4 is 4.90 Å². The third kappa shape index (κ3) is 2.59. The second kappa shape index (κ2) is 5.50. The van der Waals surface area contributed by atoms with Crippen LogP contribution in [0.15, 0.2) is 18.2 Å². The monoisotopic (exact) mass is 245 g/mol. The van der Waals surface area contributed by atoms with Gasteiger partial charge in [0.1, 0.15) is 5.69 Å². The molecular formula is C13H15N3O2. The van der Waals surface area contributed by atoms with Gasteiger partial charge < -0.3 is 4.90 Å². The molecule has 2 rings (SSSR count). The van der Waals surface area contributed by atoms with Gasteiger partial charge in [0.2, 0.25) is 0 Å². The zero-order valence-electron chi connectivity index (χ0n) is 10.1. The molecule has 1 heterocycles. The first-order chi connectivity index (χ1) is 8.72. The third-order valence-electron chi connectivity index (χ3n) is 3.25. The SMILES string of the molecule is N#Cc1ccc([N+](=O)[O-])c(N2CCCCCC2)c1. The fraction of sp³-hybridized carbons (Fsp3) is 0.462. The molecule has 0 bridgehead atoms. The van der Waals surface area contributed by atoms with Gasteiger partial charge in [-0.3, -0.25) is 10.1 Å². The Balaban J connectivity index is 2.39.